The number of aliphatic carboxylic acids is 2. The Morgan fingerprint density at radius 3 is 1.81 bits per heavy atom. The van der Waals surface area contributed by atoms with Crippen molar-refractivity contribution in [2.75, 3.05) is 13.1 Å². The van der Waals surface area contributed by atoms with Gasteiger partial charge < -0.3 is 15.1 Å². The van der Waals surface area contributed by atoms with Crippen LogP contribution in [0.1, 0.15) is 6.42 Å². The van der Waals surface area contributed by atoms with Gasteiger partial charge >= 0.3 is 29.9 Å². The van der Waals surface area contributed by atoms with Crippen molar-refractivity contribution in [1.82, 2.24) is 4.90 Å². The third-order valence-corrected chi connectivity index (χ3v) is 3.16. The van der Waals surface area contributed by atoms with Crippen molar-refractivity contribution in [3.8, 4) is 0 Å². The number of carbonyl (C=O) groups excluding carboxylic acids is 1. The zero-order valence-electron chi connectivity index (χ0n) is 10.2. The number of halogens is 5. The van der Waals surface area contributed by atoms with Crippen LogP contribution in [0.3, 0.4) is 0 Å². The van der Waals surface area contributed by atoms with Crippen molar-refractivity contribution in [1.29, 1.82) is 0 Å². The molecule has 2 unspecified atom stereocenters. The fourth-order valence-electron chi connectivity index (χ4n) is 2.00. The minimum Gasteiger partial charge on any atom is -0.481 e. The molecule has 6 nitrogen and oxygen atoms in total. The minimum atomic E-state index is -6.10. The Morgan fingerprint density at radius 2 is 1.43 bits per heavy atom. The maximum absolute atomic E-state index is 12.9. The number of carboxylic acids is 2. The predicted octanol–water partition coefficient (Wildman–Crippen LogP) is 0.818. The fourth-order valence-corrected chi connectivity index (χ4v) is 2.00. The summed E-state index contributed by atoms with van der Waals surface area (Å²) in [5.74, 6) is -14.6. The van der Waals surface area contributed by atoms with E-state index in [1.54, 1.807) is 0 Å². The van der Waals surface area contributed by atoms with Gasteiger partial charge in [-0.25, -0.2) is 0 Å². The SMILES string of the molecule is O=C(O)C1CCN(C(=O)C(F)(F)C(F)(F)F)CC1C(=O)O. The van der Waals surface area contributed by atoms with Gasteiger partial charge in [0.25, 0.3) is 0 Å². The van der Waals surface area contributed by atoms with E-state index in [4.69, 9.17) is 10.2 Å². The van der Waals surface area contributed by atoms with Gasteiger partial charge in [-0.15, -0.1) is 0 Å². The van der Waals surface area contributed by atoms with Crippen LogP contribution in [-0.2, 0) is 14.4 Å². The second-order valence-corrected chi connectivity index (χ2v) is 4.50. The van der Waals surface area contributed by atoms with E-state index in [2.05, 4.69) is 0 Å². The molecule has 0 aromatic heterocycles. The summed E-state index contributed by atoms with van der Waals surface area (Å²) >= 11 is 0. The maximum Gasteiger partial charge on any atom is 0.463 e. The van der Waals surface area contributed by atoms with Gasteiger partial charge in [0.1, 0.15) is 0 Å². The molecule has 1 saturated heterocycles. The molecule has 1 rings (SSSR count). The lowest BCUT2D eigenvalue weighted by atomic mass is 9.85. The van der Waals surface area contributed by atoms with Gasteiger partial charge in [-0.2, -0.15) is 22.0 Å². The molecule has 21 heavy (non-hydrogen) atoms. The first kappa shape index (κ1) is 17.1. The lowest BCUT2D eigenvalue weighted by Gasteiger charge is -2.36. The smallest absolute Gasteiger partial charge is 0.463 e. The molecule has 0 aromatic rings. The quantitative estimate of drug-likeness (QED) is 0.751. The number of amides is 1. The number of piperidine rings is 1. The highest BCUT2D eigenvalue weighted by Gasteiger charge is 2.65. The first-order valence-electron chi connectivity index (χ1n) is 5.59. The number of hydrogen-bond donors (Lipinski definition) is 2. The van der Waals surface area contributed by atoms with Crippen molar-refractivity contribution >= 4 is 17.8 Å². The number of rotatable bonds is 3. The predicted molar refractivity (Wildman–Crippen MR) is 54.5 cm³/mol. The molecule has 1 fully saturated rings. The highest BCUT2D eigenvalue weighted by atomic mass is 19.4. The van der Waals surface area contributed by atoms with Gasteiger partial charge in [0.2, 0.25) is 0 Å². The maximum atomic E-state index is 12.9. The molecule has 120 valence electrons. The minimum absolute atomic E-state index is 0.0334. The lowest BCUT2D eigenvalue weighted by Crippen LogP contribution is -2.57. The Morgan fingerprint density at radius 1 is 0.952 bits per heavy atom. The Labute approximate surface area is 114 Å². The van der Waals surface area contributed by atoms with E-state index in [0.717, 1.165) is 0 Å². The van der Waals surface area contributed by atoms with Crippen molar-refractivity contribution in [3.05, 3.63) is 0 Å². The van der Waals surface area contributed by atoms with Crippen LogP contribution in [0, 0.1) is 11.8 Å². The first-order chi connectivity index (χ1) is 9.39. The van der Waals surface area contributed by atoms with Crippen LogP contribution in [0.4, 0.5) is 22.0 Å². The number of likely N-dealkylation sites (tertiary alicyclic amines) is 1. The molecule has 11 heteroatoms. The molecule has 1 heterocycles. The number of alkyl halides is 5. The van der Waals surface area contributed by atoms with Crippen molar-refractivity contribution in [2.24, 2.45) is 11.8 Å². The van der Waals surface area contributed by atoms with E-state index >= 15 is 0 Å². The van der Waals surface area contributed by atoms with Crippen LogP contribution in [0.25, 0.3) is 0 Å². The highest BCUT2D eigenvalue weighted by Crippen LogP contribution is 2.38. The summed E-state index contributed by atoms with van der Waals surface area (Å²) in [4.78, 5) is 32.9. The molecule has 1 aliphatic heterocycles. The van der Waals surface area contributed by atoms with Crippen molar-refractivity contribution in [3.63, 3.8) is 0 Å². The zero-order chi connectivity index (χ0) is 16.6. The number of carboxylic acid groups (broad SMARTS) is 2. The second-order valence-electron chi connectivity index (χ2n) is 4.50. The molecular formula is C10H10F5NO5. The molecule has 1 amide bonds. The summed E-state index contributed by atoms with van der Waals surface area (Å²) in [6.07, 6.45) is -6.63. The molecular weight excluding hydrogens is 309 g/mol. The molecule has 0 bridgehead atoms. The molecule has 0 radical (unpaired) electrons. The molecule has 0 aromatic carbocycles. The van der Waals surface area contributed by atoms with E-state index in [0.29, 0.717) is 0 Å². The third-order valence-electron chi connectivity index (χ3n) is 3.16. The molecule has 2 N–H and O–H groups in total. The Hall–Kier alpha value is -1.94. The van der Waals surface area contributed by atoms with Gasteiger partial charge in [0.05, 0.1) is 11.8 Å². The standard InChI is InChI=1S/C10H10F5NO5/c11-9(12,10(13,14)15)8(21)16-2-1-4(6(17)18)5(3-16)7(19)20/h4-5H,1-3H2,(H,17,18)(H,19,20). The van der Waals surface area contributed by atoms with E-state index < -0.39 is 61.3 Å². The van der Waals surface area contributed by atoms with Crippen LogP contribution in [0.5, 0.6) is 0 Å². The summed E-state index contributed by atoms with van der Waals surface area (Å²) < 4.78 is 62.1. The third kappa shape index (κ3) is 3.22. The average molecular weight is 319 g/mol. The van der Waals surface area contributed by atoms with E-state index in [1.807, 2.05) is 0 Å². The fraction of sp³-hybridized carbons (Fsp3) is 0.700. The van der Waals surface area contributed by atoms with E-state index in [1.165, 1.54) is 0 Å². The van der Waals surface area contributed by atoms with Crippen LogP contribution in [-0.4, -0.2) is 58.1 Å². The topological polar surface area (TPSA) is 94.9 Å². The summed E-state index contributed by atoms with van der Waals surface area (Å²) in [5, 5.41) is 17.6. The van der Waals surface area contributed by atoms with Gasteiger partial charge in [0.15, 0.2) is 0 Å². The number of hydrogen-bond acceptors (Lipinski definition) is 3. The summed E-state index contributed by atoms with van der Waals surface area (Å²) in [5.41, 5.74) is 0. The lowest BCUT2D eigenvalue weighted by molar-refractivity contribution is -0.275. The van der Waals surface area contributed by atoms with Crippen LogP contribution >= 0.6 is 0 Å². The Balaban J connectivity index is 2.96. The summed E-state index contributed by atoms with van der Waals surface area (Å²) in [6, 6.07) is 0. The molecule has 0 spiro atoms. The highest BCUT2D eigenvalue weighted by molar-refractivity contribution is 5.86. The van der Waals surface area contributed by atoms with Gasteiger partial charge in [-0.05, 0) is 6.42 Å². The van der Waals surface area contributed by atoms with Gasteiger partial charge in [-0.1, -0.05) is 0 Å². The second kappa shape index (κ2) is 5.45. The average Bonchev–Trinajstić information content (AvgIpc) is 2.35. The zero-order valence-corrected chi connectivity index (χ0v) is 10.2. The van der Waals surface area contributed by atoms with Crippen LogP contribution < -0.4 is 0 Å². The van der Waals surface area contributed by atoms with Crippen molar-refractivity contribution in [2.45, 2.75) is 18.5 Å². The van der Waals surface area contributed by atoms with Crippen LogP contribution in [0.15, 0.2) is 0 Å². The van der Waals surface area contributed by atoms with Gasteiger partial charge in [0, 0.05) is 13.1 Å². The number of nitrogens with zero attached hydrogens (tertiary/aromatic N) is 1. The molecule has 1 aliphatic rings. The van der Waals surface area contributed by atoms with Crippen LogP contribution in [0.2, 0.25) is 0 Å². The summed E-state index contributed by atoms with van der Waals surface area (Å²) in [7, 11) is 0. The number of carbonyl (C=O) groups is 3. The van der Waals surface area contributed by atoms with Gasteiger partial charge in [-0.3, -0.25) is 14.4 Å². The first-order valence-corrected chi connectivity index (χ1v) is 5.59. The van der Waals surface area contributed by atoms with E-state index in [9.17, 15) is 36.3 Å². The Bertz CT molecular complexity index is 463. The normalized spacial score (nSPS) is 23.8. The van der Waals surface area contributed by atoms with Crippen molar-refractivity contribution < 1.29 is 46.5 Å². The summed E-state index contributed by atoms with van der Waals surface area (Å²) in [6.45, 7) is -1.71. The monoisotopic (exact) mass is 319 g/mol. The molecule has 2 atom stereocenters. The molecule has 0 saturated carbocycles. The Kier molecular flexibility index (Phi) is 4.44. The van der Waals surface area contributed by atoms with E-state index in [-0.39, 0.29) is 4.90 Å². The molecule has 0 aliphatic carbocycles. The largest absolute Gasteiger partial charge is 0.481 e.